The lowest BCUT2D eigenvalue weighted by molar-refractivity contribution is -0.143. The molecule has 1 aromatic heterocycles. The van der Waals surface area contributed by atoms with E-state index in [1.165, 1.54) is 0 Å². The van der Waals surface area contributed by atoms with E-state index in [9.17, 15) is 9.59 Å². The number of carbonyl (C=O) groups excluding carboxylic acids is 2. The summed E-state index contributed by atoms with van der Waals surface area (Å²) in [5, 5.41) is 3.14. The molecule has 0 aliphatic carbocycles. The molecule has 1 N–H and O–H groups in total. The Labute approximate surface area is 319 Å². The summed E-state index contributed by atoms with van der Waals surface area (Å²) in [7, 11) is 0. The van der Waals surface area contributed by atoms with Crippen molar-refractivity contribution in [3.63, 3.8) is 0 Å². The molecule has 53 heavy (non-hydrogen) atoms. The first-order valence-corrected chi connectivity index (χ1v) is 19.9. The molecule has 2 heterocycles. The zero-order valence-corrected chi connectivity index (χ0v) is 32.5. The molecule has 9 nitrogen and oxygen atoms in total. The fourth-order valence-corrected chi connectivity index (χ4v) is 7.06. The van der Waals surface area contributed by atoms with Gasteiger partial charge in [-0.3, -0.25) is 9.59 Å². The third-order valence-electron chi connectivity index (χ3n) is 8.92. The number of amides is 1. The highest BCUT2D eigenvalue weighted by atomic mass is 32.2. The molecular weight excluding hydrogens is 685 g/mol. The second-order valence-electron chi connectivity index (χ2n) is 13.6. The number of rotatable bonds is 20. The largest absolute Gasteiger partial charge is 0.491 e. The Morgan fingerprint density at radius 2 is 1.74 bits per heavy atom. The number of esters is 1. The average Bonchev–Trinajstić information content (AvgIpc) is 3.53. The van der Waals surface area contributed by atoms with Gasteiger partial charge in [-0.1, -0.05) is 45.4 Å². The summed E-state index contributed by atoms with van der Waals surface area (Å²) in [5.41, 5.74) is 5.89. The third kappa shape index (κ3) is 12.3. The van der Waals surface area contributed by atoms with Crippen LogP contribution in [0.15, 0.2) is 89.6 Å². The SMILES string of the molecule is CCCCOCCOc1ccc(-c2ccc3c(c2)C=C(C(=O)Nc2ccc(SCc4nccn4CCCC(=O)OCC)cc2)CCN3CC(C)C)cc1. The van der Waals surface area contributed by atoms with E-state index in [4.69, 9.17) is 14.2 Å². The van der Waals surface area contributed by atoms with E-state index in [2.05, 4.69) is 76.9 Å². The van der Waals surface area contributed by atoms with E-state index in [1.54, 1.807) is 18.0 Å². The number of unbranched alkanes of at least 4 members (excludes halogenated alkanes) is 1. The number of hydrogen-bond acceptors (Lipinski definition) is 8. The van der Waals surface area contributed by atoms with Crippen LogP contribution in [0, 0.1) is 5.92 Å². The maximum absolute atomic E-state index is 13.7. The van der Waals surface area contributed by atoms with Crippen LogP contribution < -0.4 is 15.0 Å². The van der Waals surface area contributed by atoms with Gasteiger partial charge in [-0.2, -0.15) is 0 Å². The molecule has 4 aromatic rings. The fraction of sp³-hybridized carbons (Fsp3) is 0.419. The number of fused-ring (bicyclic) bond motifs is 1. The lowest BCUT2D eigenvalue weighted by atomic mass is 10.00. The number of nitrogens with one attached hydrogen (secondary N) is 1. The Kier molecular flexibility index (Phi) is 15.4. The van der Waals surface area contributed by atoms with Gasteiger partial charge in [0.1, 0.15) is 18.2 Å². The summed E-state index contributed by atoms with van der Waals surface area (Å²) in [6.07, 6.45) is 9.75. The number of anilines is 2. The second kappa shape index (κ2) is 20.6. The van der Waals surface area contributed by atoms with E-state index in [1.807, 2.05) is 49.5 Å². The van der Waals surface area contributed by atoms with E-state index >= 15 is 0 Å². The number of carbonyl (C=O) groups is 2. The van der Waals surface area contributed by atoms with Crippen molar-refractivity contribution in [3.05, 3.63) is 96.1 Å². The molecule has 5 rings (SSSR count). The van der Waals surface area contributed by atoms with Gasteiger partial charge in [0.2, 0.25) is 0 Å². The number of imidazole rings is 1. The zero-order valence-electron chi connectivity index (χ0n) is 31.6. The standard InChI is InChI=1S/C43H54N4O5S/c1-5-7-25-50-26-27-52-38-15-10-33(11-16-38)34-12-19-40-36(28-34)29-35(20-23-47(40)30-32(3)4)43(49)45-37-13-17-39(18-14-37)53-31-41-44-21-24-46(41)22-8-9-42(48)51-6-2/h10-19,21,24,28-29,32H,5-9,20,22-23,25-27,30-31H2,1-4H3,(H,45,49). The number of thioether (sulfide) groups is 1. The summed E-state index contributed by atoms with van der Waals surface area (Å²) < 4.78 is 18.6. The van der Waals surface area contributed by atoms with Crippen LogP contribution in [0.1, 0.15) is 71.2 Å². The maximum Gasteiger partial charge on any atom is 0.305 e. The normalized spacial score (nSPS) is 12.6. The second-order valence-corrected chi connectivity index (χ2v) is 14.6. The third-order valence-corrected chi connectivity index (χ3v) is 9.93. The van der Waals surface area contributed by atoms with E-state index in [-0.39, 0.29) is 11.9 Å². The molecule has 0 bridgehead atoms. The minimum atomic E-state index is -0.165. The Balaban J connectivity index is 1.21. The maximum atomic E-state index is 13.7. The van der Waals surface area contributed by atoms with Gasteiger partial charge in [-0.05, 0) is 103 Å². The monoisotopic (exact) mass is 738 g/mol. The van der Waals surface area contributed by atoms with Crippen molar-refractivity contribution >= 4 is 41.1 Å². The van der Waals surface area contributed by atoms with Gasteiger partial charge < -0.3 is 29.0 Å². The smallest absolute Gasteiger partial charge is 0.305 e. The molecule has 0 saturated carbocycles. The molecule has 1 aliphatic heterocycles. The molecule has 282 valence electrons. The first-order valence-electron chi connectivity index (χ1n) is 18.9. The number of nitrogens with zero attached hydrogens (tertiary/aromatic N) is 3. The predicted octanol–water partition coefficient (Wildman–Crippen LogP) is 9.27. The molecule has 1 aliphatic rings. The molecule has 0 saturated heterocycles. The number of ether oxygens (including phenoxy) is 3. The highest BCUT2D eigenvalue weighted by molar-refractivity contribution is 7.98. The highest BCUT2D eigenvalue weighted by Gasteiger charge is 2.21. The topological polar surface area (TPSA) is 94.9 Å². The van der Waals surface area contributed by atoms with Gasteiger partial charge in [-0.25, -0.2) is 4.98 Å². The van der Waals surface area contributed by atoms with Gasteiger partial charge in [0.15, 0.2) is 0 Å². The molecular formula is C43H54N4O5S. The minimum Gasteiger partial charge on any atom is -0.491 e. The molecule has 3 aromatic carbocycles. The molecule has 0 unspecified atom stereocenters. The molecule has 0 radical (unpaired) electrons. The Bertz CT molecular complexity index is 1790. The molecule has 1 amide bonds. The van der Waals surface area contributed by atoms with Crippen LogP contribution >= 0.6 is 11.8 Å². The fourth-order valence-electron chi connectivity index (χ4n) is 6.20. The molecule has 0 spiro atoms. The van der Waals surface area contributed by atoms with Crippen LogP contribution in [-0.4, -0.2) is 60.9 Å². The van der Waals surface area contributed by atoms with Crippen LogP contribution in [0.4, 0.5) is 11.4 Å². The Hall–Kier alpha value is -4.54. The van der Waals surface area contributed by atoms with Gasteiger partial charge in [0.25, 0.3) is 5.91 Å². The Morgan fingerprint density at radius 1 is 0.943 bits per heavy atom. The first-order chi connectivity index (χ1) is 25.8. The zero-order chi connectivity index (χ0) is 37.4. The predicted molar refractivity (Wildman–Crippen MR) is 215 cm³/mol. The van der Waals surface area contributed by atoms with Crippen molar-refractivity contribution in [1.29, 1.82) is 0 Å². The number of benzene rings is 3. The van der Waals surface area contributed by atoms with Crippen LogP contribution in [0.3, 0.4) is 0 Å². The Morgan fingerprint density at radius 3 is 2.49 bits per heavy atom. The van der Waals surface area contributed by atoms with Crippen molar-refractivity contribution in [2.75, 3.05) is 49.7 Å². The average molecular weight is 739 g/mol. The lowest BCUT2D eigenvalue weighted by Gasteiger charge is -2.27. The van der Waals surface area contributed by atoms with Crippen LogP contribution in [-0.2, 0) is 31.4 Å². The van der Waals surface area contributed by atoms with Gasteiger partial charge in [0.05, 0.1) is 19.0 Å². The molecule has 10 heteroatoms. The summed E-state index contributed by atoms with van der Waals surface area (Å²) in [5.74, 6) is 2.71. The number of aryl methyl sites for hydroxylation is 1. The molecule has 0 atom stereocenters. The summed E-state index contributed by atoms with van der Waals surface area (Å²) in [4.78, 5) is 33.4. The van der Waals surface area contributed by atoms with Crippen molar-refractivity contribution in [2.24, 2.45) is 5.92 Å². The van der Waals surface area contributed by atoms with Crippen molar-refractivity contribution < 1.29 is 23.8 Å². The highest BCUT2D eigenvalue weighted by Crippen LogP contribution is 2.34. The van der Waals surface area contributed by atoms with E-state index < -0.39 is 0 Å². The lowest BCUT2D eigenvalue weighted by Crippen LogP contribution is -2.29. The van der Waals surface area contributed by atoms with Crippen LogP contribution in [0.2, 0.25) is 0 Å². The van der Waals surface area contributed by atoms with Crippen LogP contribution in [0.25, 0.3) is 17.2 Å². The number of hydrogen-bond donors (Lipinski definition) is 1. The van der Waals surface area contributed by atoms with Crippen LogP contribution in [0.5, 0.6) is 5.75 Å². The minimum absolute atomic E-state index is 0.0850. The number of aromatic nitrogens is 2. The molecule has 0 fully saturated rings. The van der Waals surface area contributed by atoms with Gasteiger partial charge in [0, 0.05) is 66.9 Å². The summed E-state index contributed by atoms with van der Waals surface area (Å²) in [6, 6.07) is 22.7. The summed E-state index contributed by atoms with van der Waals surface area (Å²) >= 11 is 1.69. The van der Waals surface area contributed by atoms with Crippen molar-refractivity contribution in [3.8, 4) is 16.9 Å². The van der Waals surface area contributed by atoms with Gasteiger partial charge in [-0.15, -0.1) is 11.8 Å². The first kappa shape index (κ1) is 39.7. The van der Waals surface area contributed by atoms with Crippen molar-refractivity contribution in [1.82, 2.24) is 9.55 Å². The van der Waals surface area contributed by atoms with E-state index in [0.717, 1.165) is 89.2 Å². The van der Waals surface area contributed by atoms with Gasteiger partial charge >= 0.3 is 5.97 Å². The van der Waals surface area contributed by atoms with Crippen molar-refractivity contribution in [2.45, 2.75) is 77.0 Å². The quantitative estimate of drug-likeness (QED) is 0.0545. The van der Waals surface area contributed by atoms with E-state index in [0.29, 0.717) is 50.8 Å². The summed E-state index contributed by atoms with van der Waals surface area (Å²) in [6.45, 7) is 13.1.